The Labute approximate surface area is 83.3 Å². The Morgan fingerprint density at radius 2 is 2.43 bits per heavy atom. The predicted octanol–water partition coefficient (Wildman–Crippen LogP) is 2.06. The van der Waals surface area contributed by atoms with E-state index in [1.165, 1.54) is 0 Å². The first-order chi connectivity index (χ1) is 6.83. The first kappa shape index (κ1) is 9.01. The number of pyridine rings is 1. The summed E-state index contributed by atoms with van der Waals surface area (Å²) in [7, 11) is 0. The second-order valence-electron chi connectivity index (χ2n) is 3.45. The van der Waals surface area contributed by atoms with Gasteiger partial charge in [-0.05, 0) is 19.3 Å². The van der Waals surface area contributed by atoms with Crippen molar-refractivity contribution in [1.29, 1.82) is 5.26 Å². The lowest BCUT2D eigenvalue weighted by atomic mass is 10.2. The molecule has 0 N–H and O–H groups in total. The summed E-state index contributed by atoms with van der Waals surface area (Å²) in [6.45, 7) is 2.04. The molecule has 0 unspecified atom stereocenters. The number of rotatable bonds is 3. The Morgan fingerprint density at radius 3 is 3.00 bits per heavy atom. The quantitative estimate of drug-likeness (QED) is 0.729. The van der Waals surface area contributed by atoms with Crippen molar-refractivity contribution in [2.45, 2.75) is 32.3 Å². The minimum Gasteiger partial charge on any atom is -0.489 e. The maximum absolute atomic E-state index is 8.85. The van der Waals surface area contributed by atoms with Crippen LogP contribution in [0.3, 0.4) is 0 Å². The molecule has 0 atom stereocenters. The van der Waals surface area contributed by atoms with Crippen LogP contribution in [-0.4, -0.2) is 11.1 Å². The third kappa shape index (κ3) is 1.85. The lowest BCUT2D eigenvalue weighted by molar-refractivity contribution is 0.301. The molecule has 0 amide bonds. The van der Waals surface area contributed by atoms with Gasteiger partial charge < -0.3 is 4.74 Å². The van der Waals surface area contributed by atoms with Crippen molar-refractivity contribution in [3.63, 3.8) is 0 Å². The topological polar surface area (TPSA) is 45.9 Å². The van der Waals surface area contributed by atoms with Crippen LogP contribution in [-0.2, 0) is 6.42 Å². The van der Waals surface area contributed by atoms with E-state index < -0.39 is 0 Å². The number of aromatic nitrogens is 1. The van der Waals surface area contributed by atoms with Gasteiger partial charge in [0.1, 0.15) is 17.4 Å². The van der Waals surface area contributed by atoms with Crippen molar-refractivity contribution in [3.8, 4) is 11.8 Å². The maximum atomic E-state index is 8.85. The van der Waals surface area contributed by atoms with Crippen LogP contribution >= 0.6 is 0 Å². The van der Waals surface area contributed by atoms with E-state index in [1.807, 2.05) is 13.0 Å². The van der Waals surface area contributed by atoms with Gasteiger partial charge in [-0.1, -0.05) is 6.92 Å². The molecule has 0 bridgehead atoms. The van der Waals surface area contributed by atoms with Gasteiger partial charge in [0, 0.05) is 18.0 Å². The van der Waals surface area contributed by atoms with E-state index in [1.54, 1.807) is 6.20 Å². The summed E-state index contributed by atoms with van der Waals surface area (Å²) in [5, 5.41) is 8.85. The zero-order valence-corrected chi connectivity index (χ0v) is 8.16. The van der Waals surface area contributed by atoms with Crippen LogP contribution in [0.2, 0.25) is 0 Å². The largest absolute Gasteiger partial charge is 0.489 e. The minimum atomic E-state index is 0.328. The summed E-state index contributed by atoms with van der Waals surface area (Å²) in [6.07, 6.45) is 5.00. The standard InChI is InChI=1S/C11H12N2O/c1-2-9-5-11(14-10-3-4-10)8(6-12)7-13-9/h5,7,10H,2-4H2,1H3. The number of nitriles is 1. The average molecular weight is 188 g/mol. The SMILES string of the molecule is CCc1cc(OC2CC2)c(C#N)cn1. The highest BCUT2D eigenvalue weighted by molar-refractivity contribution is 5.42. The summed E-state index contributed by atoms with van der Waals surface area (Å²) in [5.41, 5.74) is 1.51. The van der Waals surface area contributed by atoms with Crippen molar-refractivity contribution in [3.05, 3.63) is 23.5 Å². The lowest BCUT2D eigenvalue weighted by Crippen LogP contribution is -2.00. The van der Waals surface area contributed by atoms with Gasteiger partial charge in [0.15, 0.2) is 0 Å². The van der Waals surface area contributed by atoms with Crippen molar-refractivity contribution >= 4 is 0 Å². The van der Waals surface area contributed by atoms with Crippen LogP contribution in [0.1, 0.15) is 31.0 Å². The second-order valence-corrected chi connectivity index (χ2v) is 3.45. The Kier molecular flexibility index (Phi) is 2.36. The predicted molar refractivity (Wildman–Crippen MR) is 52.0 cm³/mol. The molecule has 0 aliphatic heterocycles. The molecular weight excluding hydrogens is 176 g/mol. The van der Waals surface area contributed by atoms with E-state index in [0.717, 1.165) is 25.0 Å². The number of aryl methyl sites for hydroxylation is 1. The highest BCUT2D eigenvalue weighted by Gasteiger charge is 2.24. The van der Waals surface area contributed by atoms with Gasteiger partial charge in [-0.25, -0.2) is 0 Å². The smallest absolute Gasteiger partial charge is 0.140 e. The number of hydrogen-bond acceptors (Lipinski definition) is 3. The number of ether oxygens (including phenoxy) is 1. The van der Waals surface area contributed by atoms with Crippen LogP contribution in [0.25, 0.3) is 0 Å². The molecule has 1 aliphatic carbocycles. The molecule has 3 heteroatoms. The summed E-state index contributed by atoms with van der Waals surface area (Å²) < 4.78 is 5.63. The van der Waals surface area contributed by atoms with E-state index in [4.69, 9.17) is 10.00 Å². The maximum Gasteiger partial charge on any atom is 0.140 e. The molecule has 72 valence electrons. The van der Waals surface area contributed by atoms with Crippen LogP contribution in [0, 0.1) is 11.3 Å². The van der Waals surface area contributed by atoms with E-state index >= 15 is 0 Å². The van der Waals surface area contributed by atoms with Crippen LogP contribution in [0.5, 0.6) is 5.75 Å². The summed E-state index contributed by atoms with van der Waals surface area (Å²) in [6, 6.07) is 3.96. The Balaban J connectivity index is 2.27. The molecule has 1 aromatic rings. The Hall–Kier alpha value is -1.56. The zero-order chi connectivity index (χ0) is 9.97. The third-order valence-corrected chi connectivity index (χ3v) is 2.22. The van der Waals surface area contributed by atoms with Gasteiger partial charge >= 0.3 is 0 Å². The van der Waals surface area contributed by atoms with Gasteiger partial charge in [-0.15, -0.1) is 0 Å². The highest BCUT2D eigenvalue weighted by Crippen LogP contribution is 2.29. The fourth-order valence-electron chi connectivity index (χ4n) is 1.22. The van der Waals surface area contributed by atoms with Gasteiger partial charge in [-0.3, -0.25) is 4.98 Å². The second kappa shape index (κ2) is 3.67. The van der Waals surface area contributed by atoms with Crippen LogP contribution < -0.4 is 4.74 Å². The number of nitrogens with zero attached hydrogens (tertiary/aromatic N) is 2. The molecule has 1 fully saturated rings. The molecule has 1 aromatic heterocycles. The van der Waals surface area contributed by atoms with Crippen molar-refractivity contribution in [2.24, 2.45) is 0 Å². The van der Waals surface area contributed by atoms with E-state index in [2.05, 4.69) is 11.1 Å². The minimum absolute atomic E-state index is 0.328. The molecule has 14 heavy (non-hydrogen) atoms. The van der Waals surface area contributed by atoms with Crippen LogP contribution in [0.4, 0.5) is 0 Å². The third-order valence-electron chi connectivity index (χ3n) is 2.22. The lowest BCUT2D eigenvalue weighted by Gasteiger charge is -2.06. The molecule has 1 heterocycles. The molecule has 0 aromatic carbocycles. The average Bonchev–Trinajstić information content (AvgIpc) is 3.01. The molecule has 0 radical (unpaired) electrons. The van der Waals surface area contributed by atoms with Crippen LogP contribution in [0.15, 0.2) is 12.3 Å². The van der Waals surface area contributed by atoms with Crippen molar-refractivity contribution in [1.82, 2.24) is 4.98 Å². The zero-order valence-electron chi connectivity index (χ0n) is 8.16. The fourth-order valence-corrected chi connectivity index (χ4v) is 1.22. The Morgan fingerprint density at radius 1 is 1.64 bits per heavy atom. The van der Waals surface area contributed by atoms with Gasteiger partial charge in [-0.2, -0.15) is 5.26 Å². The summed E-state index contributed by atoms with van der Waals surface area (Å²) in [5.74, 6) is 0.696. The normalized spacial score (nSPS) is 14.9. The fraction of sp³-hybridized carbons (Fsp3) is 0.455. The van der Waals surface area contributed by atoms with Gasteiger partial charge in [0.2, 0.25) is 0 Å². The first-order valence-electron chi connectivity index (χ1n) is 4.89. The van der Waals surface area contributed by atoms with E-state index in [9.17, 15) is 0 Å². The molecular formula is C11H12N2O. The summed E-state index contributed by atoms with van der Waals surface area (Å²) >= 11 is 0. The highest BCUT2D eigenvalue weighted by atomic mass is 16.5. The molecule has 1 aliphatic rings. The first-order valence-corrected chi connectivity index (χ1v) is 4.89. The van der Waals surface area contributed by atoms with E-state index in [0.29, 0.717) is 17.4 Å². The molecule has 0 spiro atoms. The number of hydrogen-bond donors (Lipinski definition) is 0. The van der Waals surface area contributed by atoms with Crippen molar-refractivity contribution < 1.29 is 4.74 Å². The molecule has 2 rings (SSSR count). The molecule has 0 saturated heterocycles. The molecule has 3 nitrogen and oxygen atoms in total. The van der Waals surface area contributed by atoms with Gasteiger partial charge in [0.25, 0.3) is 0 Å². The van der Waals surface area contributed by atoms with Crippen molar-refractivity contribution in [2.75, 3.05) is 0 Å². The summed E-state index contributed by atoms with van der Waals surface area (Å²) in [4.78, 5) is 4.15. The monoisotopic (exact) mass is 188 g/mol. The molecule has 1 saturated carbocycles. The van der Waals surface area contributed by atoms with E-state index in [-0.39, 0.29) is 0 Å². The Bertz CT molecular complexity index is 377. The van der Waals surface area contributed by atoms with Gasteiger partial charge in [0.05, 0.1) is 6.10 Å².